The minimum absolute atomic E-state index is 0.224. The number of hydrogen-bond donors (Lipinski definition) is 3. The van der Waals surface area contributed by atoms with Crippen molar-refractivity contribution >= 4 is 39.3 Å². The molecule has 0 radical (unpaired) electrons. The molecule has 1 aromatic heterocycles. The molecule has 3 N–H and O–H groups in total. The zero-order valence-corrected chi connectivity index (χ0v) is 15.0. The summed E-state index contributed by atoms with van der Waals surface area (Å²) in [4.78, 5) is 20.2. The third kappa shape index (κ3) is 4.86. The lowest BCUT2D eigenvalue weighted by molar-refractivity contribution is 0.0947. The number of carbonyl (C=O) groups excluding carboxylic acids is 1. The van der Waals surface area contributed by atoms with Gasteiger partial charge in [0.25, 0.3) is 5.91 Å². The van der Waals surface area contributed by atoms with Crippen molar-refractivity contribution in [2.75, 3.05) is 24.8 Å². The SMILES string of the molecule is CSc1ncc(Br)c(C(=O)NCCNNc2c(F)cccc2F)n1. The molecule has 0 aliphatic heterocycles. The van der Waals surface area contributed by atoms with Crippen molar-refractivity contribution in [1.29, 1.82) is 0 Å². The lowest BCUT2D eigenvalue weighted by atomic mass is 10.3. The number of hydrazine groups is 1. The Hall–Kier alpha value is -1.78. The minimum atomic E-state index is -0.707. The largest absolute Gasteiger partial charge is 0.349 e. The third-order valence-electron chi connectivity index (χ3n) is 2.83. The number of nitrogens with zero attached hydrogens (tertiary/aromatic N) is 2. The first-order chi connectivity index (χ1) is 11.5. The maximum atomic E-state index is 13.4. The van der Waals surface area contributed by atoms with Crippen LogP contribution in [0.2, 0.25) is 0 Å². The van der Waals surface area contributed by atoms with E-state index in [1.807, 2.05) is 6.26 Å². The molecular formula is C14H14BrF2N5OS. The van der Waals surface area contributed by atoms with Crippen molar-refractivity contribution in [1.82, 2.24) is 20.7 Å². The number of para-hydroxylation sites is 1. The number of hydrogen-bond acceptors (Lipinski definition) is 6. The van der Waals surface area contributed by atoms with Gasteiger partial charge in [-0.05, 0) is 34.3 Å². The lowest BCUT2D eigenvalue weighted by Crippen LogP contribution is -2.35. The Bertz CT molecular complexity index is 714. The molecule has 2 rings (SSSR count). The van der Waals surface area contributed by atoms with Gasteiger partial charge in [0, 0.05) is 19.3 Å². The Balaban J connectivity index is 1.81. The summed E-state index contributed by atoms with van der Waals surface area (Å²) in [5.41, 5.74) is 5.02. The number of benzene rings is 1. The molecule has 1 amide bonds. The fourth-order valence-corrected chi connectivity index (χ4v) is 2.41. The summed E-state index contributed by atoms with van der Waals surface area (Å²) in [5, 5.41) is 3.13. The summed E-state index contributed by atoms with van der Waals surface area (Å²) in [6.07, 6.45) is 3.32. The predicted molar refractivity (Wildman–Crippen MR) is 91.8 cm³/mol. The van der Waals surface area contributed by atoms with Gasteiger partial charge in [-0.1, -0.05) is 17.8 Å². The van der Waals surface area contributed by atoms with Gasteiger partial charge in [0.15, 0.2) is 16.8 Å². The van der Waals surface area contributed by atoms with Crippen LogP contribution in [-0.2, 0) is 0 Å². The van der Waals surface area contributed by atoms with Crippen molar-refractivity contribution in [3.8, 4) is 0 Å². The van der Waals surface area contributed by atoms with E-state index in [0.717, 1.165) is 12.1 Å². The fourth-order valence-electron chi connectivity index (χ4n) is 1.70. The van der Waals surface area contributed by atoms with Gasteiger partial charge in [-0.3, -0.25) is 4.79 Å². The van der Waals surface area contributed by atoms with Gasteiger partial charge in [-0.15, -0.1) is 0 Å². The zero-order chi connectivity index (χ0) is 17.5. The first-order valence-corrected chi connectivity index (χ1v) is 8.82. The van der Waals surface area contributed by atoms with E-state index in [9.17, 15) is 13.6 Å². The van der Waals surface area contributed by atoms with Gasteiger partial charge in [0.1, 0.15) is 11.4 Å². The monoisotopic (exact) mass is 417 g/mol. The number of rotatable bonds is 7. The number of halogens is 3. The summed E-state index contributed by atoms with van der Waals surface area (Å²) < 4.78 is 27.3. The van der Waals surface area contributed by atoms with Gasteiger partial charge in [0.2, 0.25) is 0 Å². The van der Waals surface area contributed by atoms with Gasteiger partial charge < -0.3 is 10.7 Å². The first kappa shape index (κ1) is 18.6. The number of anilines is 1. The van der Waals surface area contributed by atoms with Crippen LogP contribution >= 0.6 is 27.7 Å². The molecule has 0 saturated heterocycles. The van der Waals surface area contributed by atoms with E-state index >= 15 is 0 Å². The Morgan fingerprint density at radius 2 is 2.00 bits per heavy atom. The highest BCUT2D eigenvalue weighted by Crippen LogP contribution is 2.17. The highest BCUT2D eigenvalue weighted by Gasteiger charge is 2.13. The number of nitrogens with one attached hydrogen (secondary N) is 3. The topological polar surface area (TPSA) is 78.9 Å². The molecular weight excluding hydrogens is 404 g/mol. The van der Waals surface area contributed by atoms with Crippen LogP contribution in [-0.4, -0.2) is 35.2 Å². The molecule has 0 fully saturated rings. The van der Waals surface area contributed by atoms with E-state index in [1.54, 1.807) is 0 Å². The van der Waals surface area contributed by atoms with Crippen LogP contribution in [0.4, 0.5) is 14.5 Å². The molecule has 2 aromatic rings. The van der Waals surface area contributed by atoms with E-state index in [1.165, 1.54) is 24.0 Å². The van der Waals surface area contributed by atoms with Gasteiger partial charge in [-0.2, -0.15) is 0 Å². The Morgan fingerprint density at radius 3 is 2.67 bits per heavy atom. The highest BCUT2D eigenvalue weighted by atomic mass is 79.9. The smallest absolute Gasteiger partial charge is 0.271 e. The molecule has 1 heterocycles. The number of amides is 1. The fraction of sp³-hybridized carbons (Fsp3) is 0.214. The maximum Gasteiger partial charge on any atom is 0.271 e. The van der Waals surface area contributed by atoms with Gasteiger partial charge >= 0.3 is 0 Å². The molecule has 0 aliphatic rings. The van der Waals surface area contributed by atoms with Gasteiger partial charge in [0.05, 0.1) is 4.47 Å². The Morgan fingerprint density at radius 1 is 1.29 bits per heavy atom. The minimum Gasteiger partial charge on any atom is -0.349 e. The average Bonchev–Trinajstić information content (AvgIpc) is 2.57. The maximum absolute atomic E-state index is 13.4. The molecule has 0 aliphatic carbocycles. The van der Waals surface area contributed by atoms with E-state index < -0.39 is 11.6 Å². The molecule has 6 nitrogen and oxygen atoms in total. The summed E-state index contributed by atoms with van der Waals surface area (Å²) >= 11 is 4.55. The molecule has 1 aromatic carbocycles. The molecule has 0 spiro atoms. The van der Waals surface area contributed by atoms with E-state index in [4.69, 9.17) is 0 Å². The quantitative estimate of drug-likeness (QED) is 0.278. The van der Waals surface area contributed by atoms with E-state index in [2.05, 4.69) is 42.1 Å². The van der Waals surface area contributed by atoms with Crippen LogP contribution in [0.25, 0.3) is 0 Å². The zero-order valence-electron chi connectivity index (χ0n) is 12.6. The van der Waals surface area contributed by atoms with Crippen molar-refractivity contribution in [3.05, 3.63) is 46.2 Å². The number of aromatic nitrogens is 2. The van der Waals surface area contributed by atoms with Crippen molar-refractivity contribution < 1.29 is 13.6 Å². The van der Waals surface area contributed by atoms with Crippen LogP contribution in [0.3, 0.4) is 0 Å². The Labute approximate surface area is 149 Å². The molecule has 0 atom stereocenters. The van der Waals surface area contributed by atoms with Gasteiger partial charge in [-0.25, -0.2) is 24.2 Å². The van der Waals surface area contributed by atoms with Crippen LogP contribution < -0.4 is 16.2 Å². The average molecular weight is 418 g/mol. The second kappa shape index (κ2) is 8.90. The second-order valence-electron chi connectivity index (χ2n) is 4.46. The second-order valence-corrected chi connectivity index (χ2v) is 6.09. The summed E-state index contributed by atoms with van der Waals surface area (Å²) in [7, 11) is 0. The molecule has 0 saturated carbocycles. The summed E-state index contributed by atoms with van der Waals surface area (Å²) in [6, 6.07) is 3.56. The van der Waals surface area contributed by atoms with Crippen molar-refractivity contribution in [2.24, 2.45) is 0 Å². The van der Waals surface area contributed by atoms with Crippen LogP contribution in [0.15, 0.2) is 34.0 Å². The number of thioether (sulfide) groups is 1. The molecule has 24 heavy (non-hydrogen) atoms. The molecule has 128 valence electrons. The molecule has 0 unspecified atom stereocenters. The summed E-state index contributed by atoms with van der Waals surface area (Å²) in [5.74, 6) is -1.79. The van der Waals surface area contributed by atoms with Crippen molar-refractivity contribution in [2.45, 2.75) is 5.16 Å². The third-order valence-corrected chi connectivity index (χ3v) is 3.97. The van der Waals surface area contributed by atoms with Crippen LogP contribution in [0, 0.1) is 11.6 Å². The predicted octanol–water partition coefficient (Wildman–Crippen LogP) is 2.59. The standard InChI is InChI=1S/C14H14BrF2N5OS/c1-24-14-19-7-8(15)11(21-14)13(23)18-5-6-20-22-12-9(16)3-2-4-10(12)17/h2-4,7,20,22H,5-6H2,1H3,(H,18,23). The molecule has 10 heteroatoms. The van der Waals surface area contributed by atoms with Crippen molar-refractivity contribution in [3.63, 3.8) is 0 Å². The highest BCUT2D eigenvalue weighted by molar-refractivity contribution is 9.10. The van der Waals surface area contributed by atoms with E-state index in [-0.39, 0.29) is 30.4 Å². The molecule has 0 bridgehead atoms. The summed E-state index contributed by atoms with van der Waals surface area (Å²) in [6.45, 7) is 0.477. The number of carbonyl (C=O) groups is 1. The first-order valence-electron chi connectivity index (χ1n) is 6.80. The normalized spacial score (nSPS) is 10.5. The lowest BCUT2D eigenvalue weighted by Gasteiger charge is -2.11. The van der Waals surface area contributed by atoms with E-state index in [0.29, 0.717) is 9.63 Å². The van der Waals surface area contributed by atoms with Crippen LogP contribution in [0.5, 0.6) is 0 Å². The van der Waals surface area contributed by atoms with Crippen LogP contribution in [0.1, 0.15) is 10.5 Å². The Kier molecular flexibility index (Phi) is 6.88.